The van der Waals surface area contributed by atoms with Crippen LogP contribution in [0.25, 0.3) is 0 Å². The van der Waals surface area contributed by atoms with Gasteiger partial charge in [-0.3, -0.25) is 0 Å². The SMILES string of the molecule is CSCCN(C)Cc1sccc1Br. The van der Waals surface area contributed by atoms with Crippen LogP contribution in [-0.4, -0.2) is 30.5 Å². The lowest BCUT2D eigenvalue weighted by atomic mass is 10.4. The van der Waals surface area contributed by atoms with Crippen molar-refractivity contribution in [2.45, 2.75) is 6.54 Å². The Morgan fingerprint density at radius 3 is 2.92 bits per heavy atom. The van der Waals surface area contributed by atoms with E-state index in [9.17, 15) is 0 Å². The molecule has 74 valence electrons. The van der Waals surface area contributed by atoms with Gasteiger partial charge in [0.05, 0.1) is 0 Å². The van der Waals surface area contributed by atoms with Crippen LogP contribution in [0.3, 0.4) is 0 Å². The number of nitrogens with zero attached hydrogens (tertiary/aromatic N) is 1. The third-order valence-corrected chi connectivity index (χ3v) is 4.28. The standard InChI is InChI=1S/C9H14BrNS2/c1-11(4-6-12-2)7-9-8(10)3-5-13-9/h3,5H,4,6-7H2,1-2H3. The predicted molar refractivity (Wildman–Crippen MR) is 66.7 cm³/mol. The maximum atomic E-state index is 3.54. The van der Waals surface area contributed by atoms with E-state index in [-0.39, 0.29) is 0 Å². The molecule has 4 heteroatoms. The van der Waals surface area contributed by atoms with Crippen molar-refractivity contribution in [1.82, 2.24) is 4.90 Å². The molecule has 1 nitrogen and oxygen atoms in total. The number of halogens is 1. The average Bonchev–Trinajstić information content (AvgIpc) is 2.48. The fourth-order valence-electron chi connectivity index (χ4n) is 1.01. The lowest BCUT2D eigenvalue weighted by molar-refractivity contribution is 0.351. The largest absolute Gasteiger partial charge is 0.300 e. The Morgan fingerprint density at radius 2 is 2.38 bits per heavy atom. The molecule has 0 N–H and O–H groups in total. The van der Waals surface area contributed by atoms with Crippen molar-refractivity contribution in [1.29, 1.82) is 0 Å². The summed E-state index contributed by atoms with van der Waals surface area (Å²) in [6, 6.07) is 2.11. The van der Waals surface area contributed by atoms with E-state index in [0.717, 1.165) is 13.1 Å². The van der Waals surface area contributed by atoms with Gasteiger partial charge in [-0.2, -0.15) is 11.8 Å². The molecule has 0 aliphatic carbocycles. The first-order valence-corrected chi connectivity index (χ1v) is 7.20. The topological polar surface area (TPSA) is 3.24 Å². The molecule has 1 aromatic rings. The molecule has 0 fully saturated rings. The summed E-state index contributed by atoms with van der Waals surface area (Å²) >= 11 is 7.25. The molecule has 0 radical (unpaired) electrons. The maximum Gasteiger partial charge on any atom is 0.0336 e. The number of hydrogen-bond donors (Lipinski definition) is 0. The van der Waals surface area contributed by atoms with E-state index in [1.165, 1.54) is 15.1 Å². The Kier molecular flexibility index (Phi) is 5.39. The Balaban J connectivity index is 2.36. The van der Waals surface area contributed by atoms with Crippen molar-refractivity contribution in [2.75, 3.05) is 25.6 Å². The monoisotopic (exact) mass is 279 g/mol. The lowest BCUT2D eigenvalue weighted by Crippen LogP contribution is -2.20. The molecule has 0 atom stereocenters. The summed E-state index contributed by atoms with van der Waals surface area (Å²) in [5.74, 6) is 1.21. The van der Waals surface area contributed by atoms with Crippen molar-refractivity contribution in [3.8, 4) is 0 Å². The normalized spacial score (nSPS) is 11.1. The molecule has 1 rings (SSSR count). The van der Waals surface area contributed by atoms with Crippen molar-refractivity contribution in [3.05, 3.63) is 20.8 Å². The van der Waals surface area contributed by atoms with Crippen LogP contribution in [0.5, 0.6) is 0 Å². The van der Waals surface area contributed by atoms with E-state index in [2.05, 4.69) is 45.6 Å². The minimum Gasteiger partial charge on any atom is -0.300 e. The number of thioether (sulfide) groups is 1. The molecule has 1 aromatic heterocycles. The van der Waals surface area contributed by atoms with Crippen molar-refractivity contribution in [3.63, 3.8) is 0 Å². The van der Waals surface area contributed by atoms with E-state index < -0.39 is 0 Å². The molecular weight excluding hydrogens is 266 g/mol. The minimum absolute atomic E-state index is 1.05. The molecule has 0 spiro atoms. The van der Waals surface area contributed by atoms with Gasteiger partial charge in [0.25, 0.3) is 0 Å². The Labute approximate surface area is 96.6 Å². The quantitative estimate of drug-likeness (QED) is 0.814. The zero-order valence-corrected chi connectivity index (χ0v) is 11.1. The van der Waals surface area contributed by atoms with Gasteiger partial charge in [-0.05, 0) is 40.7 Å². The van der Waals surface area contributed by atoms with Gasteiger partial charge >= 0.3 is 0 Å². The highest BCUT2D eigenvalue weighted by Gasteiger charge is 2.04. The lowest BCUT2D eigenvalue weighted by Gasteiger charge is -2.14. The molecule has 0 unspecified atom stereocenters. The molecule has 0 aliphatic heterocycles. The van der Waals surface area contributed by atoms with E-state index >= 15 is 0 Å². The van der Waals surface area contributed by atoms with Crippen molar-refractivity contribution < 1.29 is 0 Å². The molecule has 0 aromatic carbocycles. The first kappa shape index (κ1) is 11.6. The predicted octanol–water partition coefficient (Wildman–Crippen LogP) is 3.31. The fraction of sp³-hybridized carbons (Fsp3) is 0.556. The molecule has 0 bridgehead atoms. The summed E-state index contributed by atoms with van der Waals surface area (Å²) in [6.07, 6.45) is 2.15. The average molecular weight is 280 g/mol. The molecule has 0 aliphatic rings. The Bertz CT molecular complexity index is 250. The highest BCUT2D eigenvalue weighted by molar-refractivity contribution is 9.10. The Hall–Kier alpha value is 0.490. The highest BCUT2D eigenvalue weighted by atomic mass is 79.9. The summed E-state index contributed by atoms with van der Waals surface area (Å²) in [7, 11) is 2.17. The summed E-state index contributed by atoms with van der Waals surface area (Å²) < 4.78 is 1.24. The second-order valence-electron chi connectivity index (χ2n) is 2.92. The molecule has 0 amide bonds. The molecule has 0 saturated carbocycles. The molecule has 0 saturated heterocycles. The van der Waals surface area contributed by atoms with Crippen LogP contribution in [0.1, 0.15) is 4.88 Å². The highest BCUT2D eigenvalue weighted by Crippen LogP contribution is 2.23. The number of hydrogen-bond acceptors (Lipinski definition) is 3. The van der Waals surface area contributed by atoms with Gasteiger partial charge < -0.3 is 4.90 Å². The van der Waals surface area contributed by atoms with Crippen LogP contribution in [0.15, 0.2) is 15.9 Å². The molecule has 13 heavy (non-hydrogen) atoms. The van der Waals surface area contributed by atoms with E-state index in [4.69, 9.17) is 0 Å². The Morgan fingerprint density at radius 1 is 1.62 bits per heavy atom. The summed E-state index contributed by atoms with van der Waals surface area (Å²) in [6.45, 7) is 2.21. The van der Waals surface area contributed by atoms with Crippen LogP contribution in [0, 0.1) is 0 Å². The second kappa shape index (κ2) is 6.06. The smallest absolute Gasteiger partial charge is 0.0336 e. The molecular formula is C9H14BrNS2. The van der Waals surface area contributed by atoms with Gasteiger partial charge in [0.2, 0.25) is 0 Å². The summed E-state index contributed by atoms with van der Waals surface area (Å²) in [5.41, 5.74) is 0. The van der Waals surface area contributed by atoms with Gasteiger partial charge in [0.15, 0.2) is 0 Å². The van der Waals surface area contributed by atoms with Crippen LogP contribution in [-0.2, 0) is 6.54 Å². The number of rotatable bonds is 5. The zero-order chi connectivity index (χ0) is 9.68. The first-order valence-electron chi connectivity index (χ1n) is 4.13. The van der Waals surface area contributed by atoms with Gasteiger partial charge in [-0.1, -0.05) is 0 Å². The second-order valence-corrected chi connectivity index (χ2v) is 5.76. The van der Waals surface area contributed by atoms with Gasteiger partial charge in [0, 0.05) is 28.2 Å². The first-order chi connectivity index (χ1) is 6.24. The third-order valence-electron chi connectivity index (χ3n) is 1.78. The van der Waals surface area contributed by atoms with Gasteiger partial charge in [0.1, 0.15) is 0 Å². The van der Waals surface area contributed by atoms with Crippen LogP contribution in [0.2, 0.25) is 0 Å². The van der Waals surface area contributed by atoms with E-state index in [1.807, 2.05) is 23.1 Å². The van der Waals surface area contributed by atoms with E-state index in [0.29, 0.717) is 0 Å². The van der Waals surface area contributed by atoms with Gasteiger partial charge in [-0.15, -0.1) is 11.3 Å². The maximum absolute atomic E-state index is 3.54. The summed E-state index contributed by atoms with van der Waals surface area (Å²) in [5, 5.41) is 2.13. The molecule has 1 heterocycles. The summed E-state index contributed by atoms with van der Waals surface area (Å²) in [4.78, 5) is 3.77. The van der Waals surface area contributed by atoms with Crippen molar-refractivity contribution in [2.24, 2.45) is 0 Å². The van der Waals surface area contributed by atoms with Crippen LogP contribution >= 0.6 is 39.0 Å². The van der Waals surface area contributed by atoms with E-state index in [1.54, 1.807) is 0 Å². The van der Waals surface area contributed by atoms with Crippen LogP contribution < -0.4 is 0 Å². The zero-order valence-electron chi connectivity index (χ0n) is 7.92. The minimum atomic E-state index is 1.05. The van der Waals surface area contributed by atoms with Gasteiger partial charge in [-0.25, -0.2) is 0 Å². The fourth-order valence-corrected chi connectivity index (χ4v) is 3.06. The van der Waals surface area contributed by atoms with Crippen LogP contribution in [0.4, 0.5) is 0 Å². The number of thiophene rings is 1. The van der Waals surface area contributed by atoms with Crippen molar-refractivity contribution >= 4 is 39.0 Å². The third kappa shape index (κ3) is 4.02.